The summed E-state index contributed by atoms with van der Waals surface area (Å²) in [5.74, 6) is 0.790. The van der Waals surface area contributed by atoms with Crippen LogP contribution in [0.5, 0.6) is 0 Å². The molecule has 7 heteroatoms. The Kier molecular flexibility index (Phi) is 5.22. The van der Waals surface area contributed by atoms with Crippen LogP contribution in [0.4, 0.5) is 5.13 Å². The number of nitrogens with zero attached hydrogens (tertiary/aromatic N) is 2. The highest BCUT2D eigenvalue weighted by Gasteiger charge is 2.24. The summed E-state index contributed by atoms with van der Waals surface area (Å²) in [4.78, 5) is 31.3. The van der Waals surface area contributed by atoms with Gasteiger partial charge in [-0.15, -0.1) is 11.8 Å². The van der Waals surface area contributed by atoms with Crippen LogP contribution in [0.2, 0.25) is 0 Å². The first-order chi connectivity index (χ1) is 13.2. The number of nitrogens with one attached hydrogen (secondary N) is 1. The van der Waals surface area contributed by atoms with Gasteiger partial charge in [0.15, 0.2) is 5.13 Å². The van der Waals surface area contributed by atoms with E-state index >= 15 is 0 Å². The van der Waals surface area contributed by atoms with Crippen molar-refractivity contribution in [3.8, 4) is 21.7 Å². The molecule has 0 atom stereocenters. The van der Waals surface area contributed by atoms with E-state index in [1.54, 1.807) is 4.90 Å². The van der Waals surface area contributed by atoms with Gasteiger partial charge in [0.05, 0.1) is 22.2 Å². The van der Waals surface area contributed by atoms with E-state index in [0.29, 0.717) is 16.8 Å². The van der Waals surface area contributed by atoms with Crippen molar-refractivity contribution < 1.29 is 9.59 Å². The molecule has 1 aromatic heterocycles. The van der Waals surface area contributed by atoms with Gasteiger partial charge in [-0.3, -0.25) is 9.59 Å². The predicted molar refractivity (Wildman–Crippen MR) is 111 cm³/mol. The summed E-state index contributed by atoms with van der Waals surface area (Å²) in [7, 11) is 0. The molecule has 3 aromatic rings. The molecule has 0 aliphatic carbocycles. The zero-order valence-corrected chi connectivity index (χ0v) is 16.1. The Morgan fingerprint density at radius 1 is 1.04 bits per heavy atom. The molecule has 0 saturated carbocycles. The Labute approximate surface area is 165 Å². The summed E-state index contributed by atoms with van der Waals surface area (Å²) in [6.07, 6.45) is 0. The number of thiazole rings is 1. The molecule has 0 spiro atoms. The molecule has 2 aromatic carbocycles. The minimum atomic E-state index is -0.223. The van der Waals surface area contributed by atoms with Crippen LogP contribution in [0, 0.1) is 0 Å². The average Bonchev–Trinajstić information content (AvgIpc) is 3.30. The lowest BCUT2D eigenvalue weighted by Crippen LogP contribution is -2.34. The Morgan fingerprint density at radius 2 is 1.70 bits per heavy atom. The van der Waals surface area contributed by atoms with Crippen LogP contribution in [-0.4, -0.2) is 39.9 Å². The van der Waals surface area contributed by atoms with E-state index in [2.05, 4.69) is 10.3 Å². The number of amides is 2. The highest BCUT2D eigenvalue weighted by atomic mass is 32.2. The van der Waals surface area contributed by atoms with Crippen molar-refractivity contribution in [1.82, 2.24) is 9.88 Å². The van der Waals surface area contributed by atoms with E-state index in [1.165, 1.54) is 23.1 Å². The highest BCUT2D eigenvalue weighted by Crippen LogP contribution is 2.38. The lowest BCUT2D eigenvalue weighted by atomic mass is 10.1. The largest absolute Gasteiger partial charge is 0.323 e. The first-order valence-electron chi connectivity index (χ1n) is 8.48. The van der Waals surface area contributed by atoms with Crippen LogP contribution in [0.25, 0.3) is 21.7 Å². The minimum absolute atomic E-state index is 0.00392. The van der Waals surface area contributed by atoms with Gasteiger partial charge in [0.25, 0.3) is 0 Å². The molecular formula is C20H17N3O2S2. The van der Waals surface area contributed by atoms with Crippen LogP contribution in [0.3, 0.4) is 0 Å². The lowest BCUT2D eigenvalue weighted by molar-refractivity contribution is -0.130. The SMILES string of the molecule is O=C(CN1CSCC1=O)Nc1nc(-c2ccccc2)c(-c2ccccc2)s1. The van der Waals surface area contributed by atoms with Crippen molar-refractivity contribution in [2.24, 2.45) is 0 Å². The Hall–Kier alpha value is -2.64. The summed E-state index contributed by atoms with van der Waals surface area (Å²) in [5, 5.41) is 3.39. The zero-order valence-electron chi connectivity index (χ0n) is 14.4. The molecule has 4 rings (SSSR count). The van der Waals surface area contributed by atoms with Gasteiger partial charge in [0.2, 0.25) is 11.8 Å². The summed E-state index contributed by atoms with van der Waals surface area (Å²) < 4.78 is 0. The Bertz CT molecular complexity index is 901. The molecule has 5 nitrogen and oxygen atoms in total. The van der Waals surface area contributed by atoms with E-state index in [1.807, 2.05) is 60.7 Å². The van der Waals surface area contributed by atoms with Gasteiger partial charge in [0, 0.05) is 5.56 Å². The first-order valence-corrected chi connectivity index (χ1v) is 10.4. The van der Waals surface area contributed by atoms with E-state index in [9.17, 15) is 9.59 Å². The van der Waals surface area contributed by atoms with Crippen molar-refractivity contribution in [3.05, 3.63) is 60.7 Å². The fourth-order valence-corrected chi connectivity index (χ4v) is 4.74. The molecule has 1 aliphatic heterocycles. The van der Waals surface area contributed by atoms with Gasteiger partial charge in [-0.2, -0.15) is 0 Å². The number of carbonyl (C=O) groups excluding carboxylic acids is 2. The zero-order chi connectivity index (χ0) is 18.6. The van der Waals surface area contributed by atoms with Crippen LogP contribution in [-0.2, 0) is 9.59 Å². The quantitative estimate of drug-likeness (QED) is 0.711. The smallest absolute Gasteiger partial charge is 0.245 e. The van der Waals surface area contributed by atoms with E-state index < -0.39 is 0 Å². The number of rotatable bonds is 5. The van der Waals surface area contributed by atoms with E-state index in [0.717, 1.165) is 21.7 Å². The second kappa shape index (κ2) is 7.94. The second-order valence-electron chi connectivity index (χ2n) is 6.05. The number of hydrogen-bond acceptors (Lipinski definition) is 5. The maximum Gasteiger partial charge on any atom is 0.245 e. The molecule has 2 heterocycles. The second-order valence-corrected chi connectivity index (χ2v) is 8.00. The molecule has 0 unspecified atom stereocenters. The number of thioether (sulfide) groups is 1. The summed E-state index contributed by atoms with van der Waals surface area (Å²) in [5.41, 5.74) is 2.90. The van der Waals surface area contributed by atoms with Crippen molar-refractivity contribution in [2.45, 2.75) is 0 Å². The molecule has 1 aliphatic rings. The van der Waals surface area contributed by atoms with Crippen molar-refractivity contribution >= 4 is 40.0 Å². The third kappa shape index (κ3) is 4.04. The average molecular weight is 396 g/mol. The molecule has 136 valence electrons. The third-order valence-corrected chi connectivity index (χ3v) is 6.08. The van der Waals surface area contributed by atoms with Crippen LogP contribution < -0.4 is 5.32 Å². The van der Waals surface area contributed by atoms with Gasteiger partial charge in [0.1, 0.15) is 6.54 Å². The normalized spacial score (nSPS) is 13.8. The highest BCUT2D eigenvalue weighted by molar-refractivity contribution is 8.00. The molecule has 1 saturated heterocycles. The maximum atomic E-state index is 12.4. The Balaban J connectivity index is 1.61. The fraction of sp³-hybridized carbons (Fsp3) is 0.150. The molecule has 1 fully saturated rings. The number of anilines is 1. The third-order valence-electron chi connectivity index (χ3n) is 4.12. The maximum absolute atomic E-state index is 12.4. The van der Waals surface area contributed by atoms with Gasteiger partial charge in [-0.1, -0.05) is 72.0 Å². The van der Waals surface area contributed by atoms with Crippen molar-refractivity contribution in [1.29, 1.82) is 0 Å². The van der Waals surface area contributed by atoms with Crippen molar-refractivity contribution in [2.75, 3.05) is 23.5 Å². The predicted octanol–water partition coefficient (Wildman–Crippen LogP) is 3.95. The van der Waals surface area contributed by atoms with E-state index in [4.69, 9.17) is 0 Å². The summed E-state index contributed by atoms with van der Waals surface area (Å²) in [6.45, 7) is 0.0623. The van der Waals surface area contributed by atoms with Gasteiger partial charge in [-0.25, -0.2) is 4.98 Å². The molecular weight excluding hydrogens is 378 g/mol. The standard InChI is InChI=1S/C20H17N3O2S2/c24-16(11-23-13-26-12-17(23)25)21-20-22-18(14-7-3-1-4-8-14)19(27-20)15-9-5-2-6-10-15/h1-10H,11-13H2,(H,21,22,24). The van der Waals surface area contributed by atoms with Crippen LogP contribution in [0.1, 0.15) is 0 Å². The number of hydrogen-bond donors (Lipinski definition) is 1. The number of benzene rings is 2. The topological polar surface area (TPSA) is 62.3 Å². The summed E-state index contributed by atoms with van der Waals surface area (Å²) >= 11 is 2.97. The first kappa shape index (κ1) is 17.8. The number of aromatic nitrogens is 1. The lowest BCUT2D eigenvalue weighted by Gasteiger charge is -2.13. The number of carbonyl (C=O) groups is 2. The molecule has 2 amide bonds. The molecule has 0 bridgehead atoms. The van der Waals surface area contributed by atoms with Gasteiger partial charge in [-0.05, 0) is 5.56 Å². The summed E-state index contributed by atoms with van der Waals surface area (Å²) in [6, 6.07) is 19.9. The van der Waals surface area contributed by atoms with Crippen LogP contribution in [0.15, 0.2) is 60.7 Å². The molecule has 1 N–H and O–H groups in total. The van der Waals surface area contributed by atoms with Gasteiger partial charge < -0.3 is 10.2 Å². The monoisotopic (exact) mass is 395 g/mol. The fourth-order valence-electron chi connectivity index (χ4n) is 2.82. The Morgan fingerprint density at radius 3 is 2.33 bits per heavy atom. The molecule has 27 heavy (non-hydrogen) atoms. The minimum Gasteiger partial charge on any atom is -0.323 e. The van der Waals surface area contributed by atoms with Crippen molar-refractivity contribution in [3.63, 3.8) is 0 Å². The van der Waals surface area contributed by atoms with Crippen LogP contribution >= 0.6 is 23.1 Å². The van der Waals surface area contributed by atoms with Gasteiger partial charge >= 0.3 is 0 Å². The molecule has 0 radical (unpaired) electrons. The van der Waals surface area contributed by atoms with E-state index in [-0.39, 0.29) is 18.4 Å².